The maximum Gasteiger partial charge on any atom is 0.127 e. The normalized spacial score (nSPS) is 46.0. The molecule has 0 radical (unpaired) electrons. The van der Waals surface area contributed by atoms with Gasteiger partial charge in [-0.2, -0.15) is 0 Å². The number of hydrogen-bond acceptors (Lipinski definition) is 3. The second-order valence-electron chi connectivity index (χ2n) is 9.59. The highest BCUT2D eigenvalue weighted by Crippen LogP contribution is 2.70. The van der Waals surface area contributed by atoms with Crippen LogP contribution in [-0.2, 0) is 4.79 Å². The van der Waals surface area contributed by atoms with Gasteiger partial charge in [0.25, 0.3) is 0 Å². The number of allylic oxidation sites excluding steroid dienone is 2. The van der Waals surface area contributed by atoms with Crippen LogP contribution in [0.15, 0.2) is 11.6 Å². The number of aldehydes is 1. The fourth-order valence-corrected chi connectivity index (χ4v) is 6.89. The van der Waals surface area contributed by atoms with E-state index < -0.39 is 0 Å². The summed E-state index contributed by atoms with van der Waals surface area (Å²) in [6, 6.07) is 0. The number of carbonyl (C=O) groups excluding carboxylic acids is 1. The van der Waals surface area contributed by atoms with Crippen LogP contribution in [0.2, 0.25) is 0 Å². The van der Waals surface area contributed by atoms with Gasteiger partial charge in [0.1, 0.15) is 6.29 Å². The molecule has 2 saturated carbocycles. The molecule has 2 bridgehead atoms. The van der Waals surface area contributed by atoms with Gasteiger partial charge < -0.3 is 15.0 Å². The molecule has 0 aromatic heterocycles. The van der Waals surface area contributed by atoms with Gasteiger partial charge in [-0.3, -0.25) is 0 Å². The molecule has 3 rings (SSSR count). The first kappa shape index (κ1) is 19.1. The van der Waals surface area contributed by atoms with Gasteiger partial charge in [0.2, 0.25) is 0 Å². The molecule has 0 spiro atoms. The minimum Gasteiger partial charge on any atom is -0.396 e. The molecule has 7 atom stereocenters. The molecule has 0 aromatic carbocycles. The van der Waals surface area contributed by atoms with Gasteiger partial charge in [0.05, 0.1) is 6.10 Å². The third-order valence-electron chi connectivity index (χ3n) is 8.08. The SMILES string of the molecule is CC(C)C1=CC2CC1(C)C(C=O)(C1CC(O)C(C)C1CCCCO)C2. The summed E-state index contributed by atoms with van der Waals surface area (Å²) in [4.78, 5) is 12.6. The van der Waals surface area contributed by atoms with E-state index in [1.54, 1.807) is 0 Å². The van der Waals surface area contributed by atoms with Crippen molar-refractivity contribution in [2.45, 2.75) is 72.3 Å². The first-order valence-electron chi connectivity index (χ1n) is 10.3. The largest absolute Gasteiger partial charge is 0.396 e. The lowest BCUT2D eigenvalue weighted by Crippen LogP contribution is -2.47. The van der Waals surface area contributed by atoms with Gasteiger partial charge in [-0.1, -0.05) is 45.8 Å². The fraction of sp³-hybridized carbons (Fsp3) is 0.864. The summed E-state index contributed by atoms with van der Waals surface area (Å²) in [5, 5.41) is 19.8. The lowest BCUT2D eigenvalue weighted by Gasteiger charge is -2.49. The predicted octanol–water partition coefficient (Wildman–Crippen LogP) is 3.98. The Morgan fingerprint density at radius 3 is 2.60 bits per heavy atom. The van der Waals surface area contributed by atoms with Crippen LogP contribution in [0.4, 0.5) is 0 Å². The fourth-order valence-electron chi connectivity index (χ4n) is 6.89. The Morgan fingerprint density at radius 2 is 2.04 bits per heavy atom. The number of rotatable bonds is 7. The van der Waals surface area contributed by atoms with Gasteiger partial charge in [-0.15, -0.1) is 0 Å². The molecule has 0 amide bonds. The topological polar surface area (TPSA) is 57.5 Å². The highest BCUT2D eigenvalue weighted by molar-refractivity contribution is 5.66. The standard InChI is InChI=1S/C22H36O3/c1-14(2)18-9-16-11-21(18,4)22(12-16,13-24)19-10-20(25)15(3)17(19)7-5-6-8-23/h9,13-17,19-20,23,25H,5-8,10-12H2,1-4H3. The van der Waals surface area contributed by atoms with Crippen LogP contribution in [0, 0.1) is 40.4 Å². The van der Waals surface area contributed by atoms with E-state index in [0.29, 0.717) is 17.8 Å². The van der Waals surface area contributed by atoms with E-state index in [1.165, 1.54) is 11.9 Å². The lowest BCUT2D eigenvalue weighted by atomic mass is 9.53. The van der Waals surface area contributed by atoms with E-state index in [9.17, 15) is 9.90 Å². The summed E-state index contributed by atoms with van der Waals surface area (Å²) in [6.07, 6.45) is 9.08. The summed E-state index contributed by atoms with van der Waals surface area (Å²) >= 11 is 0. The number of carbonyl (C=O) groups is 1. The van der Waals surface area contributed by atoms with Gasteiger partial charge in [0, 0.05) is 17.4 Å². The van der Waals surface area contributed by atoms with Gasteiger partial charge in [0.15, 0.2) is 0 Å². The third-order valence-corrected chi connectivity index (χ3v) is 8.08. The second kappa shape index (κ2) is 6.81. The molecule has 2 fully saturated rings. The molecular weight excluding hydrogens is 312 g/mol. The zero-order valence-electron chi connectivity index (χ0n) is 16.4. The van der Waals surface area contributed by atoms with E-state index in [4.69, 9.17) is 5.11 Å². The third kappa shape index (κ3) is 2.73. The van der Waals surface area contributed by atoms with Crippen molar-refractivity contribution in [2.75, 3.05) is 6.61 Å². The molecular formula is C22H36O3. The highest BCUT2D eigenvalue weighted by atomic mass is 16.3. The van der Waals surface area contributed by atoms with Crippen LogP contribution in [-0.4, -0.2) is 29.2 Å². The Hall–Kier alpha value is -0.670. The van der Waals surface area contributed by atoms with E-state index in [0.717, 1.165) is 38.5 Å². The molecule has 0 aliphatic heterocycles. The molecule has 142 valence electrons. The number of unbranched alkanes of at least 4 members (excludes halogenated alkanes) is 1. The maximum absolute atomic E-state index is 12.6. The number of aliphatic hydroxyl groups is 2. The summed E-state index contributed by atoms with van der Waals surface area (Å²) in [5.74, 6) is 1.90. The first-order chi connectivity index (χ1) is 11.8. The van der Waals surface area contributed by atoms with Crippen molar-refractivity contribution in [3.05, 3.63) is 11.6 Å². The van der Waals surface area contributed by atoms with Crippen LogP contribution in [0.25, 0.3) is 0 Å². The summed E-state index contributed by atoms with van der Waals surface area (Å²) in [5.41, 5.74) is 1.11. The molecule has 0 aromatic rings. The van der Waals surface area contributed by atoms with Crippen LogP contribution >= 0.6 is 0 Å². The van der Waals surface area contributed by atoms with Crippen LogP contribution in [0.3, 0.4) is 0 Å². The van der Waals surface area contributed by atoms with Crippen molar-refractivity contribution in [1.29, 1.82) is 0 Å². The number of fused-ring (bicyclic) bond motifs is 2. The monoisotopic (exact) mass is 348 g/mol. The van der Waals surface area contributed by atoms with Gasteiger partial charge >= 0.3 is 0 Å². The molecule has 0 saturated heterocycles. The van der Waals surface area contributed by atoms with E-state index in [2.05, 4.69) is 33.8 Å². The Balaban J connectivity index is 1.94. The van der Waals surface area contributed by atoms with E-state index in [1.807, 2.05) is 0 Å². The minimum absolute atomic E-state index is 0.0444. The average Bonchev–Trinajstić information content (AvgIpc) is 3.16. The Morgan fingerprint density at radius 1 is 1.32 bits per heavy atom. The van der Waals surface area contributed by atoms with Crippen molar-refractivity contribution in [3.8, 4) is 0 Å². The minimum atomic E-state index is -0.318. The summed E-state index contributed by atoms with van der Waals surface area (Å²) in [7, 11) is 0. The number of aliphatic hydroxyl groups excluding tert-OH is 2. The van der Waals surface area contributed by atoms with Crippen molar-refractivity contribution >= 4 is 6.29 Å². The van der Waals surface area contributed by atoms with Crippen molar-refractivity contribution in [3.63, 3.8) is 0 Å². The lowest BCUT2D eigenvalue weighted by molar-refractivity contribution is -0.127. The Bertz CT molecular complexity index is 539. The summed E-state index contributed by atoms with van der Waals surface area (Å²) in [6.45, 7) is 9.20. The molecule has 2 N–H and O–H groups in total. The molecule has 3 aliphatic rings. The predicted molar refractivity (Wildman–Crippen MR) is 100.0 cm³/mol. The molecule has 25 heavy (non-hydrogen) atoms. The van der Waals surface area contributed by atoms with Crippen LogP contribution in [0.1, 0.15) is 66.2 Å². The quantitative estimate of drug-likeness (QED) is 0.416. The highest BCUT2D eigenvalue weighted by Gasteiger charge is 2.66. The zero-order valence-corrected chi connectivity index (χ0v) is 16.4. The van der Waals surface area contributed by atoms with E-state index >= 15 is 0 Å². The van der Waals surface area contributed by atoms with Crippen molar-refractivity contribution in [2.24, 2.45) is 40.4 Å². The average molecular weight is 349 g/mol. The van der Waals surface area contributed by atoms with Crippen molar-refractivity contribution in [1.82, 2.24) is 0 Å². The van der Waals surface area contributed by atoms with E-state index in [-0.39, 0.29) is 35.4 Å². The Kier molecular flexibility index (Phi) is 5.20. The van der Waals surface area contributed by atoms with Crippen molar-refractivity contribution < 1.29 is 15.0 Å². The molecule has 3 aliphatic carbocycles. The maximum atomic E-state index is 12.6. The Labute approximate surface area is 152 Å². The zero-order chi connectivity index (χ0) is 18.4. The molecule has 7 unspecified atom stereocenters. The molecule has 3 heteroatoms. The molecule has 3 nitrogen and oxygen atoms in total. The smallest absolute Gasteiger partial charge is 0.127 e. The first-order valence-corrected chi connectivity index (χ1v) is 10.3. The van der Waals surface area contributed by atoms with Gasteiger partial charge in [-0.05, 0) is 61.7 Å². The van der Waals surface area contributed by atoms with Crippen LogP contribution < -0.4 is 0 Å². The van der Waals surface area contributed by atoms with Crippen LogP contribution in [0.5, 0.6) is 0 Å². The summed E-state index contributed by atoms with van der Waals surface area (Å²) < 4.78 is 0. The van der Waals surface area contributed by atoms with Gasteiger partial charge in [-0.25, -0.2) is 0 Å². The number of hydrogen-bond donors (Lipinski definition) is 2. The molecule has 0 heterocycles. The second-order valence-corrected chi connectivity index (χ2v) is 9.59.